The number of nitrogens with one attached hydrogen (secondary N) is 2. The standard InChI is InChI=1S/C16H22F3N7O/c1-6-21-13(27)15(3,4)25-9-11(10(2)24-25)26(16(17,18)19)14-22-8-7-12(20-5)23-14/h7-9H,6H2,1-5H3,(H,21,27)(H,20,22,23). The van der Waals surface area contributed by atoms with Gasteiger partial charge in [0.15, 0.2) is 0 Å². The van der Waals surface area contributed by atoms with Gasteiger partial charge in [0.05, 0.1) is 17.6 Å². The summed E-state index contributed by atoms with van der Waals surface area (Å²) in [7, 11) is 1.54. The molecule has 0 saturated carbocycles. The first-order chi connectivity index (χ1) is 12.5. The Morgan fingerprint density at radius 2 is 2.00 bits per heavy atom. The van der Waals surface area contributed by atoms with Crippen molar-refractivity contribution >= 4 is 23.4 Å². The minimum Gasteiger partial charge on any atom is -0.373 e. The van der Waals surface area contributed by atoms with Gasteiger partial charge in [0.1, 0.15) is 11.4 Å². The van der Waals surface area contributed by atoms with Crippen molar-refractivity contribution < 1.29 is 18.0 Å². The molecule has 0 fully saturated rings. The Labute approximate surface area is 154 Å². The third-order valence-corrected chi connectivity index (χ3v) is 3.93. The molecule has 0 radical (unpaired) electrons. The Morgan fingerprint density at radius 1 is 1.33 bits per heavy atom. The summed E-state index contributed by atoms with van der Waals surface area (Å²) in [6, 6.07) is 1.45. The fraction of sp³-hybridized carbons (Fsp3) is 0.500. The van der Waals surface area contributed by atoms with Gasteiger partial charge in [-0.25, -0.2) is 9.88 Å². The first-order valence-electron chi connectivity index (χ1n) is 8.25. The lowest BCUT2D eigenvalue weighted by Gasteiger charge is -2.25. The van der Waals surface area contributed by atoms with E-state index in [-0.39, 0.29) is 28.0 Å². The van der Waals surface area contributed by atoms with E-state index in [0.717, 1.165) is 0 Å². The molecule has 0 spiro atoms. The largest absolute Gasteiger partial charge is 0.491 e. The van der Waals surface area contributed by atoms with Gasteiger partial charge in [0.25, 0.3) is 0 Å². The molecule has 27 heavy (non-hydrogen) atoms. The van der Waals surface area contributed by atoms with Gasteiger partial charge >= 0.3 is 6.30 Å². The fourth-order valence-corrected chi connectivity index (χ4v) is 2.39. The monoisotopic (exact) mass is 385 g/mol. The maximum Gasteiger partial charge on any atom is 0.491 e. The lowest BCUT2D eigenvalue weighted by atomic mass is 10.1. The minimum absolute atomic E-state index is 0.0421. The average molecular weight is 385 g/mol. The van der Waals surface area contributed by atoms with E-state index in [9.17, 15) is 18.0 Å². The van der Waals surface area contributed by atoms with Gasteiger partial charge in [-0.15, -0.1) is 13.2 Å². The Kier molecular flexibility index (Phi) is 5.62. The Bertz CT molecular complexity index is 817. The molecule has 2 N–H and O–H groups in total. The topological polar surface area (TPSA) is 88.0 Å². The Hall–Kier alpha value is -2.85. The number of aromatic nitrogens is 4. The van der Waals surface area contributed by atoms with Crippen LogP contribution < -0.4 is 15.5 Å². The van der Waals surface area contributed by atoms with Gasteiger partial charge in [0, 0.05) is 19.8 Å². The maximum atomic E-state index is 13.8. The van der Waals surface area contributed by atoms with Gasteiger partial charge in [-0.2, -0.15) is 10.1 Å². The van der Waals surface area contributed by atoms with Gasteiger partial charge in [-0.05, 0) is 33.8 Å². The highest BCUT2D eigenvalue weighted by molar-refractivity contribution is 5.83. The van der Waals surface area contributed by atoms with Crippen LogP contribution in [0.2, 0.25) is 0 Å². The number of halogens is 3. The summed E-state index contributed by atoms with van der Waals surface area (Å²) in [6.45, 7) is 6.73. The fourth-order valence-electron chi connectivity index (χ4n) is 2.39. The van der Waals surface area contributed by atoms with E-state index in [1.54, 1.807) is 27.8 Å². The zero-order chi connectivity index (χ0) is 20.4. The summed E-state index contributed by atoms with van der Waals surface area (Å²) in [5, 5.41) is 9.46. The zero-order valence-electron chi connectivity index (χ0n) is 15.7. The molecule has 0 atom stereocenters. The molecule has 0 aliphatic rings. The first-order valence-corrected chi connectivity index (χ1v) is 8.25. The van der Waals surface area contributed by atoms with Gasteiger partial charge in [-0.3, -0.25) is 9.48 Å². The van der Waals surface area contributed by atoms with Crippen molar-refractivity contribution in [3.05, 3.63) is 24.2 Å². The van der Waals surface area contributed by atoms with Crippen molar-refractivity contribution in [2.24, 2.45) is 0 Å². The van der Waals surface area contributed by atoms with Crippen LogP contribution in [0.25, 0.3) is 0 Å². The van der Waals surface area contributed by atoms with Crippen molar-refractivity contribution in [2.75, 3.05) is 23.8 Å². The van der Waals surface area contributed by atoms with Crippen molar-refractivity contribution in [1.82, 2.24) is 25.1 Å². The summed E-state index contributed by atoms with van der Waals surface area (Å²) >= 11 is 0. The van der Waals surface area contributed by atoms with Gasteiger partial charge < -0.3 is 10.6 Å². The molecular weight excluding hydrogens is 363 g/mol. The van der Waals surface area contributed by atoms with Crippen LogP contribution in [0.1, 0.15) is 26.5 Å². The predicted octanol–water partition coefficient (Wildman–Crippen LogP) is 2.55. The van der Waals surface area contributed by atoms with Crippen LogP contribution in [0, 0.1) is 6.92 Å². The van der Waals surface area contributed by atoms with Crippen molar-refractivity contribution in [3.8, 4) is 0 Å². The molecule has 2 rings (SSSR count). The molecule has 2 aromatic heterocycles. The number of hydrogen-bond donors (Lipinski definition) is 2. The number of carbonyl (C=O) groups is 1. The molecule has 0 saturated heterocycles. The number of rotatable bonds is 6. The van der Waals surface area contributed by atoms with E-state index in [4.69, 9.17) is 0 Å². The van der Waals surface area contributed by atoms with Crippen LogP contribution in [-0.4, -0.2) is 45.5 Å². The number of aryl methyl sites for hydroxylation is 1. The minimum atomic E-state index is -4.79. The van der Waals surface area contributed by atoms with Crippen molar-refractivity contribution in [1.29, 1.82) is 0 Å². The predicted molar refractivity (Wildman–Crippen MR) is 94.7 cm³/mol. The van der Waals surface area contributed by atoms with Crippen LogP contribution in [0.4, 0.5) is 30.6 Å². The van der Waals surface area contributed by atoms with E-state index in [1.807, 2.05) is 0 Å². The Morgan fingerprint density at radius 3 is 2.56 bits per heavy atom. The molecule has 0 aliphatic carbocycles. The van der Waals surface area contributed by atoms with Crippen LogP contribution in [0.5, 0.6) is 0 Å². The van der Waals surface area contributed by atoms with E-state index in [2.05, 4.69) is 25.7 Å². The number of amides is 1. The molecule has 1 amide bonds. The molecule has 0 aliphatic heterocycles. The summed E-state index contributed by atoms with van der Waals surface area (Å²) in [4.78, 5) is 19.9. The van der Waals surface area contributed by atoms with Crippen LogP contribution >= 0.6 is 0 Å². The highest BCUT2D eigenvalue weighted by atomic mass is 19.4. The summed E-state index contributed by atoms with van der Waals surface area (Å²) in [5.74, 6) is -0.666. The summed E-state index contributed by atoms with van der Waals surface area (Å²) < 4.78 is 42.6. The number of anilines is 3. The first kappa shape index (κ1) is 20.5. The molecular formula is C16H22F3N7O. The van der Waals surface area contributed by atoms with Crippen LogP contribution in [-0.2, 0) is 10.3 Å². The average Bonchev–Trinajstić information content (AvgIpc) is 2.96. The third-order valence-electron chi connectivity index (χ3n) is 3.93. The molecule has 0 bridgehead atoms. The quantitative estimate of drug-likeness (QED) is 0.743. The molecule has 0 unspecified atom stereocenters. The van der Waals surface area contributed by atoms with Crippen molar-refractivity contribution in [2.45, 2.75) is 39.5 Å². The van der Waals surface area contributed by atoms with Crippen molar-refractivity contribution in [3.63, 3.8) is 0 Å². The number of hydrogen-bond acceptors (Lipinski definition) is 6. The molecule has 11 heteroatoms. The van der Waals surface area contributed by atoms with Crippen LogP contribution in [0.3, 0.4) is 0 Å². The molecule has 0 aromatic carbocycles. The summed E-state index contributed by atoms with van der Waals surface area (Å²) in [6.07, 6.45) is -2.39. The highest BCUT2D eigenvalue weighted by Crippen LogP contribution is 2.37. The second kappa shape index (κ2) is 7.41. The number of likely N-dealkylation sites (N-methyl/N-ethyl adjacent to an activating group) is 1. The van der Waals surface area contributed by atoms with E-state index >= 15 is 0 Å². The molecule has 148 valence electrons. The second-order valence-electron chi connectivity index (χ2n) is 6.26. The molecule has 2 aromatic rings. The summed E-state index contributed by atoms with van der Waals surface area (Å²) in [5.41, 5.74) is -1.35. The normalized spacial score (nSPS) is 12.0. The number of alkyl halides is 3. The Balaban J connectivity index is 2.55. The van der Waals surface area contributed by atoms with E-state index in [1.165, 1.54) is 30.1 Å². The van der Waals surface area contributed by atoms with Gasteiger partial charge in [0.2, 0.25) is 11.9 Å². The SMILES string of the molecule is CCNC(=O)C(C)(C)n1cc(N(c2nccc(NC)n2)C(F)(F)F)c(C)n1. The number of carbonyl (C=O) groups excluding carboxylic acids is 1. The lowest BCUT2D eigenvalue weighted by Crippen LogP contribution is -2.44. The highest BCUT2D eigenvalue weighted by Gasteiger charge is 2.43. The third kappa shape index (κ3) is 4.12. The maximum absolute atomic E-state index is 13.8. The smallest absolute Gasteiger partial charge is 0.373 e. The zero-order valence-corrected chi connectivity index (χ0v) is 15.7. The van der Waals surface area contributed by atoms with Crippen LogP contribution in [0.15, 0.2) is 18.5 Å². The van der Waals surface area contributed by atoms with E-state index in [0.29, 0.717) is 6.54 Å². The second-order valence-corrected chi connectivity index (χ2v) is 6.26. The number of nitrogens with zero attached hydrogens (tertiary/aromatic N) is 5. The lowest BCUT2D eigenvalue weighted by molar-refractivity contribution is -0.128. The van der Waals surface area contributed by atoms with Gasteiger partial charge in [-0.1, -0.05) is 0 Å². The molecule has 8 nitrogen and oxygen atoms in total. The van der Waals surface area contributed by atoms with E-state index < -0.39 is 17.8 Å². The molecule has 2 heterocycles.